The Hall–Kier alpha value is -0.570. The summed E-state index contributed by atoms with van der Waals surface area (Å²) in [5.41, 5.74) is 2.06. The maximum atomic E-state index is 9.66. The van der Waals surface area contributed by atoms with Crippen molar-refractivity contribution in [3.63, 3.8) is 0 Å². The zero-order valence-corrected chi connectivity index (χ0v) is 10.5. The van der Waals surface area contributed by atoms with Gasteiger partial charge in [-0.2, -0.15) is 0 Å². The molecule has 0 bridgehead atoms. The molecule has 0 radical (unpaired) electrons. The second-order valence-electron chi connectivity index (χ2n) is 5.21. The molecule has 0 heterocycles. The normalized spacial score (nSPS) is 19.9. The van der Waals surface area contributed by atoms with Gasteiger partial charge in [-0.05, 0) is 49.9 Å². The summed E-state index contributed by atoms with van der Waals surface area (Å²) >= 11 is 5.96. The van der Waals surface area contributed by atoms with Gasteiger partial charge in [0, 0.05) is 17.6 Å². The van der Waals surface area contributed by atoms with Gasteiger partial charge in [0.2, 0.25) is 0 Å². The number of rotatable bonds is 3. The summed E-state index contributed by atoms with van der Waals surface area (Å²) in [4.78, 5) is 0. The molecule has 0 saturated heterocycles. The standard InChI is InChI=1S/C13H18ClNO/c1-13(2,16)8-15-12-6-9-3-4-11(14)5-10(9)7-12/h3-5,12,15-16H,6-8H2,1-2H3. The second-order valence-corrected chi connectivity index (χ2v) is 5.65. The van der Waals surface area contributed by atoms with E-state index in [4.69, 9.17) is 11.6 Å². The number of hydrogen-bond acceptors (Lipinski definition) is 2. The van der Waals surface area contributed by atoms with Crippen LogP contribution in [-0.2, 0) is 12.8 Å². The van der Waals surface area contributed by atoms with Gasteiger partial charge < -0.3 is 10.4 Å². The van der Waals surface area contributed by atoms with Gasteiger partial charge in [0.25, 0.3) is 0 Å². The summed E-state index contributed by atoms with van der Waals surface area (Å²) in [7, 11) is 0. The molecule has 0 fully saturated rings. The van der Waals surface area contributed by atoms with Crippen molar-refractivity contribution in [3.05, 3.63) is 34.3 Å². The van der Waals surface area contributed by atoms with E-state index in [1.54, 1.807) is 0 Å². The topological polar surface area (TPSA) is 32.3 Å². The van der Waals surface area contributed by atoms with Crippen LogP contribution >= 0.6 is 11.6 Å². The van der Waals surface area contributed by atoms with Gasteiger partial charge in [0.1, 0.15) is 0 Å². The fraction of sp³-hybridized carbons (Fsp3) is 0.538. The number of aliphatic hydroxyl groups is 1. The van der Waals surface area contributed by atoms with Crippen LogP contribution in [-0.4, -0.2) is 23.3 Å². The van der Waals surface area contributed by atoms with Crippen molar-refractivity contribution < 1.29 is 5.11 Å². The van der Waals surface area contributed by atoms with E-state index in [-0.39, 0.29) is 0 Å². The highest BCUT2D eigenvalue weighted by atomic mass is 35.5. The molecule has 2 N–H and O–H groups in total. The Bertz CT molecular complexity index is 384. The highest BCUT2D eigenvalue weighted by Crippen LogP contribution is 2.25. The van der Waals surface area contributed by atoms with E-state index in [1.165, 1.54) is 11.1 Å². The van der Waals surface area contributed by atoms with Crippen molar-refractivity contribution in [3.8, 4) is 0 Å². The van der Waals surface area contributed by atoms with Crippen molar-refractivity contribution >= 4 is 11.6 Å². The van der Waals surface area contributed by atoms with E-state index < -0.39 is 5.60 Å². The molecule has 0 saturated carbocycles. The van der Waals surface area contributed by atoms with Crippen molar-refractivity contribution in [2.45, 2.75) is 38.3 Å². The summed E-state index contributed by atoms with van der Waals surface area (Å²) in [5, 5.41) is 13.9. The van der Waals surface area contributed by atoms with E-state index in [9.17, 15) is 5.11 Å². The molecule has 0 spiro atoms. The summed E-state index contributed by atoms with van der Waals surface area (Å²) in [5.74, 6) is 0. The predicted octanol–water partition coefficient (Wildman–Crippen LogP) is 2.17. The van der Waals surface area contributed by atoms with E-state index in [1.807, 2.05) is 26.0 Å². The molecule has 0 aliphatic heterocycles. The van der Waals surface area contributed by atoms with Gasteiger partial charge in [0.15, 0.2) is 0 Å². The lowest BCUT2D eigenvalue weighted by atomic mass is 10.1. The Morgan fingerprint density at radius 2 is 2.06 bits per heavy atom. The number of benzene rings is 1. The van der Waals surface area contributed by atoms with Crippen LogP contribution in [0.25, 0.3) is 0 Å². The third-order valence-corrected chi connectivity index (χ3v) is 3.16. The molecule has 1 unspecified atom stereocenters. The summed E-state index contributed by atoms with van der Waals surface area (Å²) in [6.45, 7) is 4.26. The van der Waals surface area contributed by atoms with Crippen LogP contribution in [0.3, 0.4) is 0 Å². The molecule has 1 atom stereocenters. The average molecular weight is 240 g/mol. The molecule has 1 aromatic rings. The quantitative estimate of drug-likeness (QED) is 0.848. The minimum Gasteiger partial charge on any atom is -0.389 e. The zero-order valence-electron chi connectivity index (χ0n) is 9.76. The van der Waals surface area contributed by atoms with Crippen molar-refractivity contribution in [2.24, 2.45) is 0 Å². The maximum Gasteiger partial charge on any atom is 0.0715 e. The Morgan fingerprint density at radius 3 is 2.75 bits per heavy atom. The SMILES string of the molecule is CC(C)(O)CNC1Cc2ccc(Cl)cc2C1. The second kappa shape index (κ2) is 4.36. The van der Waals surface area contributed by atoms with Crippen LogP contribution in [0.1, 0.15) is 25.0 Å². The molecule has 3 heteroatoms. The first-order valence-electron chi connectivity index (χ1n) is 5.67. The lowest BCUT2D eigenvalue weighted by molar-refractivity contribution is 0.0767. The van der Waals surface area contributed by atoms with E-state index >= 15 is 0 Å². The molecular formula is C13H18ClNO. The largest absolute Gasteiger partial charge is 0.389 e. The van der Waals surface area contributed by atoms with Crippen LogP contribution in [0.5, 0.6) is 0 Å². The van der Waals surface area contributed by atoms with Gasteiger partial charge in [-0.1, -0.05) is 17.7 Å². The molecule has 0 aromatic heterocycles. The first-order valence-corrected chi connectivity index (χ1v) is 6.05. The van der Waals surface area contributed by atoms with Gasteiger partial charge in [0.05, 0.1) is 5.60 Å². The predicted molar refractivity (Wildman–Crippen MR) is 66.9 cm³/mol. The Kier molecular flexibility index (Phi) is 3.24. The van der Waals surface area contributed by atoms with Crippen LogP contribution in [0, 0.1) is 0 Å². The van der Waals surface area contributed by atoms with Crippen LogP contribution in [0.4, 0.5) is 0 Å². The fourth-order valence-electron chi connectivity index (χ4n) is 2.13. The molecule has 16 heavy (non-hydrogen) atoms. The zero-order chi connectivity index (χ0) is 11.8. The van der Waals surface area contributed by atoms with Crippen LogP contribution in [0.15, 0.2) is 18.2 Å². The molecule has 1 aliphatic rings. The Labute approximate surface area is 102 Å². The van der Waals surface area contributed by atoms with E-state index in [2.05, 4.69) is 11.4 Å². The highest BCUT2D eigenvalue weighted by molar-refractivity contribution is 6.30. The molecular weight excluding hydrogens is 222 g/mol. The maximum absolute atomic E-state index is 9.66. The fourth-order valence-corrected chi connectivity index (χ4v) is 2.32. The average Bonchev–Trinajstić information content (AvgIpc) is 2.55. The molecule has 2 rings (SSSR count). The highest BCUT2D eigenvalue weighted by Gasteiger charge is 2.23. The number of hydrogen-bond donors (Lipinski definition) is 2. The number of nitrogens with one attached hydrogen (secondary N) is 1. The van der Waals surface area contributed by atoms with Gasteiger partial charge >= 0.3 is 0 Å². The lowest BCUT2D eigenvalue weighted by Crippen LogP contribution is -2.41. The van der Waals surface area contributed by atoms with E-state index in [0.717, 1.165) is 17.9 Å². The molecule has 1 aliphatic carbocycles. The van der Waals surface area contributed by atoms with Gasteiger partial charge in [-0.15, -0.1) is 0 Å². The van der Waals surface area contributed by atoms with Gasteiger partial charge in [-0.25, -0.2) is 0 Å². The van der Waals surface area contributed by atoms with Crippen molar-refractivity contribution in [1.29, 1.82) is 0 Å². The smallest absolute Gasteiger partial charge is 0.0715 e. The number of fused-ring (bicyclic) bond motifs is 1. The Morgan fingerprint density at radius 1 is 1.38 bits per heavy atom. The minimum absolute atomic E-state index is 0.430. The lowest BCUT2D eigenvalue weighted by Gasteiger charge is -2.21. The first kappa shape index (κ1) is 11.9. The third kappa shape index (κ3) is 2.97. The van der Waals surface area contributed by atoms with Crippen LogP contribution in [0.2, 0.25) is 5.02 Å². The number of halogens is 1. The van der Waals surface area contributed by atoms with Gasteiger partial charge in [-0.3, -0.25) is 0 Å². The van der Waals surface area contributed by atoms with E-state index in [0.29, 0.717) is 12.6 Å². The molecule has 88 valence electrons. The summed E-state index contributed by atoms with van der Waals surface area (Å²) in [6, 6.07) is 6.52. The molecule has 2 nitrogen and oxygen atoms in total. The van der Waals surface area contributed by atoms with Crippen molar-refractivity contribution in [1.82, 2.24) is 5.32 Å². The van der Waals surface area contributed by atoms with Crippen molar-refractivity contribution in [2.75, 3.05) is 6.54 Å². The van der Waals surface area contributed by atoms with Crippen LogP contribution < -0.4 is 5.32 Å². The monoisotopic (exact) mass is 239 g/mol. The summed E-state index contributed by atoms with van der Waals surface area (Å²) < 4.78 is 0. The minimum atomic E-state index is -0.646. The molecule has 1 aromatic carbocycles. The third-order valence-electron chi connectivity index (χ3n) is 2.92. The Balaban J connectivity index is 1.95. The summed E-state index contributed by atoms with van der Waals surface area (Å²) in [6.07, 6.45) is 2.04. The first-order chi connectivity index (χ1) is 7.44. The molecule has 0 amide bonds.